The quantitative estimate of drug-likeness (QED) is 0.526. The number of carbonyl (C=O) groups excluding carboxylic acids is 2. The van der Waals surface area contributed by atoms with Crippen molar-refractivity contribution in [2.75, 3.05) is 20.2 Å². The molecule has 7 heteroatoms. The van der Waals surface area contributed by atoms with Crippen molar-refractivity contribution in [2.24, 2.45) is 5.73 Å². The fraction of sp³-hybridized carbons (Fsp3) is 0.615. The lowest BCUT2D eigenvalue weighted by molar-refractivity contribution is -0.140. The molecule has 0 saturated heterocycles. The van der Waals surface area contributed by atoms with E-state index < -0.39 is 0 Å². The van der Waals surface area contributed by atoms with E-state index in [9.17, 15) is 9.59 Å². The predicted octanol–water partition coefficient (Wildman–Crippen LogP) is 1.11. The lowest BCUT2D eigenvalue weighted by atomic mass is 10.2. The number of amides is 1. The molecule has 0 bridgehead atoms. The molecule has 0 fully saturated rings. The van der Waals surface area contributed by atoms with Crippen LogP contribution in [0.15, 0.2) is 5.38 Å². The molecule has 6 nitrogen and oxygen atoms in total. The number of carbonyl (C=O) groups is 2. The normalized spacial score (nSPS) is 10.3. The molecule has 112 valence electrons. The van der Waals surface area contributed by atoms with E-state index in [0.29, 0.717) is 31.6 Å². The number of esters is 1. The third kappa shape index (κ3) is 6.12. The molecular formula is C13H21N3O3S. The maximum atomic E-state index is 11.8. The number of nitrogens with zero attached hydrogens (tertiary/aromatic N) is 1. The number of hydrogen-bond donors (Lipinski definition) is 2. The van der Waals surface area contributed by atoms with Crippen LogP contribution in [0.5, 0.6) is 0 Å². The summed E-state index contributed by atoms with van der Waals surface area (Å²) in [5.74, 6) is -0.346. The van der Waals surface area contributed by atoms with Crippen LogP contribution in [0.4, 0.5) is 0 Å². The van der Waals surface area contributed by atoms with Crippen molar-refractivity contribution < 1.29 is 14.3 Å². The van der Waals surface area contributed by atoms with E-state index in [1.54, 1.807) is 5.38 Å². The number of aromatic nitrogens is 1. The van der Waals surface area contributed by atoms with Crippen LogP contribution in [-0.2, 0) is 16.0 Å². The Bertz CT molecular complexity index is 434. The van der Waals surface area contributed by atoms with Crippen LogP contribution in [0, 0.1) is 0 Å². The molecule has 1 rings (SSSR count). The lowest BCUT2D eigenvalue weighted by Crippen LogP contribution is -2.24. The van der Waals surface area contributed by atoms with E-state index in [-0.39, 0.29) is 11.9 Å². The Morgan fingerprint density at radius 1 is 1.40 bits per heavy atom. The van der Waals surface area contributed by atoms with Crippen molar-refractivity contribution in [1.29, 1.82) is 0 Å². The summed E-state index contributed by atoms with van der Waals surface area (Å²) in [6, 6.07) is 0. The number of ether oxygens (including phenoxy) is 1. The molecule has 1 heterocycles. The lowest BCUT2D eigenvalue weighted by Gasteiger charge is -2.03. The zero-order valence-corrected chi connectivity index (χ0v) is 12.5. The predicted molar refractivity (Wildman–Crippen MR) is 77.7 cm³/mol. The number of rotatable bonds is 9. The molecule has 0 aliphatic carbocycles. The van der Waals surface area contributed by atoms with E-state index >= 15 is 0 Å². The minimum absolute atomic E-state index is 0.155. The minimum atomic E-state index is -0.191. The van der Waals surface area contributed by atoms with Gasteiger partial charge in [0.2, 0.25) is 0 Å². The van der Waals surface area contributed by atoms with E-state index in [1.807, 2.05) is 0 Å². The molecule has 0 atom stereocenters. The van der Waals surface area contributed by atoms with Crippen LogP contribution >= 0.6 is 11.3 Å². The van der Waals surface area contributed by atoms with E-state index in [1.165, 1.54) is 18.4 Å². The van der Waals surface area contributed by atoms with Gasteiger partial charge in [0.1, 0.15) is 5.69 Å². The third-order valence-electron chi connectivity index (χ3n) is 2.71. The molecule has 1 aromatic heterocycles. The molecule has 0 unspecified atom stereocenters. The number of unbranched alkanes of at least 4 members (excludes halogenated alkanes) is 2. The Kier molecular flexibility index (Phi) is 7.82. The van der Waals surface area contributed by atoms with Crippen LogP contribution < -0.4 is 11.1 Å². The second-order valence-corrected chi connectivity index (χ2v) is 5.25. The average Bonchev–Trinajstić information content (AvgIpc) is 2.91. The number of nitrogens with two attached hydrogens (primary N) is 1. The zero-order chi connectivity index (χ0) is 14.8. The third-order valence-corrected chi connectivity index (χ3v) is 3.62. The Hall–Kier alpha value is -1.47. The van der Waals surface area contributed by atoms with Crippen LogP contribution in [0.2, 0.25) is 0 Å². The summed E-state index contributed by atoms with van der Waals surface area (Å²) in [5, 5.41) is 5.45. The molecule has 0 aromatic carbocycles. The van der Waals surface area contributed by atoms with Gasteiger partial charge in [0.25, 0.3) is 5.91 Å². The molecule has 20 heavy (non-hydrogen) atoms. The molecule has 0 aliphatic heterocycles. The van der Waals surface area contributed by atoms with Crippen LogP contribution in [-0.4, -0.2) is 37.1 Å². The van der Waals surface area contributed by atoms with Crippen LogP contribution in [0.3, 0.4) is 0 Å². The number of nitrogens with one attached hydrogen (secondary N) is 1. The van der Waals surface area contributed by atoms with E-state index in [4.69, 9.17) is 5.73 Å². The number of thiazole rings is 1. The first-order chi connectivity index (χ1) is 9.67. The van der Waals surface area contributed by atoms with Gasteiger partial charge in [0, 0.05) is 24.8 Å². The van der Waals surface area contributed by atoms with E-state index in [2.05, 4.69) is 15.0 Å². The van der Waals surface area contributed by atoms with Gasteiger partial charge in [-0.3, -0.25) is 9.59 Å². The first-order valence-electron chi connectivity index (χ1n) is 6.67. The van der Waals surface area contributed by atoms with Gasteiger partial charge in [-0.25, -0.2) is 4.98 Å². The van der Waals surface area contributed by atoms with Gasteiger partial charge in [-0.1, -0.05) is 6.42 Å². The molecule has 0 spiro atoms. The van der Waals surface area contributed by atoms with Crippen molar-refractivity contribution in [2.45, 2.75) is 32.1 Å². The Labute approximate surface area is 122 Å². The highest BCUT2D eigenvalue weighted by molar-refractivity contribution is 7.09. The molecule has 1 amide bonds. The number of hydrogen-bond acceptors (Lipinski definition) is 6. The van der Waals surface area contributed by atoms with Gasteiger partial charge in [-0.15, -0.1) is 11.3 Å². The first-order valence-corrected chi connectivity index (χ1v) is 7.54. The molecule has 1 aromatic rings. The topological polar surface area (TPSA) is 94.3 Å². The molecule has 0 saturated carbocycles. The van der Waals surface area contributed by atoms with Gasteiger partial charge in [-0.2, -0.15) is 0 Å². The minimum Gasteiger partial charge on any atom is -0.469 e. The molecule has 3 N–H and O–H groups in total. The maximum absolute atomic E-state index is 11.8. The summed E-state index contributed by atoms with van der Waals surface area (Å²) < 4.78 is 4.55. The van der Waals surface area contributed by atoms with Gasteiger partial charge in [0.15, 0.2) is 0 Å². The SMILES string of the molecule is COC(=O)CCCCCNC(=O)c1csc(CCN)n1. The van der Waals surface area contributed by atoms with Gasteiger partial charge in [0.05, 0.1) is 12.1 Å². The van der Waals surface area contributed by atoms with Gasteiger partial charge in [-0.05, 0) is 19.4 Å². The standard InChI is InChI=1S/C13H21N3O3S/c1-19-12(17)5-3-2-4-8-15-13(18)10-9-20-11(16-10)6-7-14/h9H,2-8,14H2,1H3,(H,15,18). The van der Waals surface area contributed by atoms with Crippen LogP contribution in [0.25, 0.3) is 0 Å². The fourth-order valence-electron chi connectivity index (χ4n) is 1.62. The molecular weight excluding hydrogens is 278 g/mol. The highest BCUT2D eigenvalue weighted by Crippen LogP contribution is 2.09. The summed E-state index contributed by atoms with van der Waals surface area (Å²) in [7, 11) is 1.38. The van der Waals surface area contributed by atoms with Crippen LogP contribution in [0.1, 0.15) is 41.2 Å². The number of methoxy groups -OCH3 is 1. The van der Waals surface area contributed by atoms with Gasteiger partial charge >= 0.3 is 5.97 Å². The highest BCUT2D eigenvalue weighted by Gasteiger charge is 2.09. The van der Waals surface area contributed by atoms with Gasteiger partial charge < -0.3 is 15.8 Å². The maximum Gasteiger partial charge on any atom is 0.305 e. The summed E-state index contributed by atoms with van der Waals surface area (Å²) in [6.45, 7) is 1.12. The summed E-state index contributed by atoms with van der Waals surface area (Å²) in [5.41, 5.74) is 5.89. The first kappa shape index (κ1) is 16.6. The Morgan fingerprint density at radius 2 is 2.20 bits per heavy atom. The fourth-order valence-corrected chi connectivity index (χ4v) is 2.41. The molecule has 0 radical (unpaired) electrons. The molecule has 0 aliphatic rings. The Balaban J connectivity index is 2.14. The second kappa shape index (κ2) is 9.44. The van der Waals surface area contributed by atoms with Crippen molar-refractivity contribution in [3.05, 3.63) is 16.1 Å². The van der Waals surface area contributed by atoms with Crippen molar-refractivity contribution >= 4 is 23.2 Å². The van der Waals surface area contributed by atoms with E-state index in [0.717, 1.165) is 24.3 Å². The highest BCUT2D eigenvalue weighted by atomic mass is 32.1. The summed E-state index contributed by atoms with van der Waals surface area (Å²) in [4.78, 5) is 26.9. The summed E-state index contributed by atoms with van der Waals surface area (Å²) in [6.07, 6.45) is 3.62. The smallest absolute Gasteiger partial charge is 0.305 e. The van der Waals surface area contributed by atoms with Crippen molar-refractivity contribution in [3.63, 3.8) is 0 Å². The average molecular weight is 299 g/mol. The van der Waals surface area contributed by atoms with Crippen molar-refractivity contribution in [1.82, 2.24) is 10.3 Å². The Morgan fingerprint density at radius 3 is 2.90 bits per heavy atom. The van der Waals surface area contributed by atoms with Crippen molar-refractivity contribution in [3.8, 4) is 0 Å². The summed E-state index contributed by atoms with van der Waals surface area (Å²) >= 11 is 1.45. The monoisotopic (exact) mass is 299 g/mol. The largest absolute Gasteiger partial charge is 0.469 e. The zero-order valence-electron chi connectivity index (χ0n) is 11.7. The second-order valence-electron chi connectivity index (χ2n) is 4.31.